The Hall–Kier alpha value is -4.34. The van der Waals surface area contributed by atoms with Crippen LogP contribution in [0.5, 0.6) is 0 Å². The van der Waals surface area contributed by atoms with Gasteiger partial charge in [-0.05, 0) is 61.9 Å². The topological polar surface area (TPSA) is 38.8 Å². The molecule has 2 atom stereocenters. The van der Waals surface area contributed by atoms with Gasteiger partial charge < -0.3 is 13.8 Å². The van der Waals surface area contributed by atoms with Crippen LogP contribution in [-0.4, -0.2) is 46.6 Å². The summed E-state index contributed by atoms with van der Waals surface area (Å²) in [6, 6.07) is 49.4. The third kappa shape index (κ3) is 7.06. The number of fused-ring (bicyclic) bond motifs is 1. The predicted molar refractivity (Wildman–Crippen MR) is 227 cm³/mol. The fourth-order valence-electron chi connectivity index (χ4n) is 8.36. The first-order valence-corrected chi connectivity index (χ1v) is 22.9. The third-order valence-electron chi connectivity index (χ3n) is 10.9. The summed E-state index contributed by atoms with van der Waals surface area (Å²) in [5, 5.41) is 4.32. The molecular formula is C47H55NO3Si2. The number of benzene rings is 5. The molecule has 0 heterocycles. The minimum absolute atomic E-state index is 0.0343. The van der Waals surface area contributed by atoms with Crippen molar-refractivity contribution in [2.24, 2.45) is 0 Å². The van der Waals surface area contributed by atoms with E-state index in [9.17, 15) is 4.79 Å². The molecule has 5 aromatic rings. The van der Waals surface area contributed by atoms with Crippen molar-refractivity contribution < 1.29 is 13.6 Å². The van der Waals surface area contributed by atoms with Gasteiger partial charge >= 0.3 is 0 Å². The fourth-order valence-corrected chi connectivity index (χ4v) is 17.6. The van der Waals surface area contributed by atoms with Crippen LogP contribution in [0.25, 0.3) is 6.08 Å². The molecule has 274 valence electrons. The highest BCUT2D eigenvalue weighted by Gasteiger charge is 2.56. The molecule has 1 amide bonds. The summed E-state index contributed by atoms with van der Waals surface area (Å²) in [5.74, 6) is 0.0343. The normalized spacial score (nSPS) is 16.2. The molecule has 6 rings (SSSR count). The van der Waals surface area contributed by atoms with Gasteiger partial charge in [-0.1, -0.05) is 187 Å². The van der Waals surface area contributed by atoms with E-state index >= 15 is 0 Å². The third-order valence-corrected chi connectivity index (χ3v) is 21.0. The number of carbonyl (C=O) groups excluding carboxylic acids is 1. The van der Waals surface area contributed by atoms with E-state index in [2.05, 4.69) is 181 Å². The summed E-state index contributed by atoms with van der Waals surface area (Å²) >= 11 is 0. The highest BCUT2D eigenvalue weighted by Crippen LogP contribution is 2.46. The summed E-state index contributed by atoms with van der Waals surface area (Å²) in [6.45, 7) is 19.3. The Kier molecular flexibility index (Phi) is 11.3. The van der Waals surface area contributed by atoms with E-state index in [4.69, 9.17) is 8.85 Å². The van der Waals surface area contributed by atoms with Gasteiger partial charge in [-0.15, -0.1) is 0 Å². The van der Waals surface area contributed by atoms with Gasteiger partial charge in [0.2, 0.25) is 0 Å². The zero-order valence-corrected chi connectivity index (χ0v) is 34.7. The molecule has 0 saturated heterocycles. The van der Waals surface area contributed by atoms with E-state index in [0.29, 0.717) is 18.7 Å². The molecular weight excluding hydrogens is 683 g/mol. The van der Waals surface area contributed by atoms with Crippen molar-refractivity contribution in [1.82, 2.24) is 4.90 Å². The van der Waals surface area contributed by atoms with Crippen LogP contribution in [0.3, 0.4) is 0 Å². The Labute approximate surface area is 319 Å². The van der Waals surface area contributed by atoms with Crippen LogP contribution in [0, 0.1) is 0 Å². The first kappa shape index (κ1) is 38.4. The van der Waals surface area contributed by atoms with Crippen LogP contribution in [-0.2, 0) is 8.85 Å². The van der Waals surface area contributed by atoms with Crippen molar-refractivity contribution in [3.8, 4) is 0 Å². The summed E-state index contributed by atoms with van der Waals surface area (Å²) in [7, 11) is -6.14. The first-order valence-electron chi connectivity index (χ1n) is 19.1. The van der Waals surface area contributed by atoms with Gasteiger partial charge in [0.05, 0.1) is 6.10 Å². The molecule has 1 aliphatic carbocycles. The van der Waals surface area contributed by atoms with Gasteiger partial charge in [0.25, 0.3) is 22.5 Å². The minimum Gasteiger partial charge on any atom is -0.398 e. The van der Waals surface area contributed by atoms with Crippen molar-refractivity contribution >= 4 is 49.4 Å². The van der Waals surface area contributed by atoms with Gasteiger partial charge in [0, 0.05) is 18.7 Å². The average Bonchev–Trinajstić information content (AvgIpc) is 3.17. The maximum atomic E-state index is 14.1. The van der Waals surface area contributed by atoms with Gasteiger partial charge in [-0.25, -0.2) is 0 Å². The second kappa shape index (κ2) is 15.6. The van der Waals surface area contributed by atoms with Gasteiger partial charge in [-0.2, -0.15) is 0 Å². The fraction of sp³-hybridized carbons (Fsp3) is 0.298. The molecule has 53 heavy (non-hydrogen) atoms. The lowest BCUT2D eigenvalue weighted by Gasteiger charge is -2.50. The molecule has 0 bridgehead atoms. The average molecular weight is 738 g/mol. The largest absolute Gasteiger partial charge is 0.398 e. The van der Waals surface area contributed by atoms with Crippen molar-refractivity contribution in [3.63, 3.8) is 0 Å². The second-order valence-electron chi connectivity index (χ2n) is 16.1. The van der Waals surface area contributed by atoms with E-state index in [-0.39, 0.29) is 16.0 Å². The quantitative estimate of drug-likeness (QED) is 0.127. The van der Waals surface area contributed by atoms with E-state index in [0.717, 1.165) is 11.1 Å². The highest BCUT2D eigenvalue weighted by atomic mass is 28.4. The molecule has 0 N–H and O–H groups in total. The van der Waals surface area contributed by atoms with Crippen molar-refractivity contribution in [3.05, 3.63) is 162 Å². The second-order valence-corrected chi connectivity index (χ2v) is 24.6. The SMILES string of the molecule is CCN(CC)C(=O)c1cccc2c1C=C[C@@H](O[Si](c1ccccc1)(c1ccccc1)C(C)(C)C)[C@@H]2O[Si](c1ccccc1)(c1ccccc1)C(C)(C)C. The Balaban J connectivity index is 1.64. The van der Waals surface area contributed by atoms with Gasteiger partial charge in [-0.3, -0.25) is 4.79 Å². The van der Waals surface area contributed by atoms with Crippen LogP contribution in [0.15, 0.2) is 146 Å². The monoisotopic (exact) mass is 737 g/mol. The summed E-state index contributed by atoms with van der Waals surface area (Å²) in [4.78, 5) is 16.0. The van der Waals surface area contributed by atoms with Crippen LogP contribution in [0.4, 0.5) is 0 Å². The molecule has 0 saturated carbocycles. The molecule has 4 nitrogen and oxygen atoms in total. The lowest BCUT2D eigenvalue weighted by molar-refractivity contribution is 0.0670. The van der Waals surface area contributed by atoms with Crippen molar-refractivity contribution in [2.45, 2.75) is 77.7 Å². The minimum atomic E-state index is -3.10. The van der Waals surface area contributed by atoms with Crippen LogP contribution < -0.4 is 20.7 Å². The van der Waals surface area contributed by atoms with E-state index in [1.54, 1.807) is 0 Å². The Bertz CT molecular complexity index is 1920. The van der Waals surface area contributed by atoms with Crippen LogP contribution in [0.1, 0.15) is 83.0 Å². The van der Waals surface area contributed by atoms with E-state index < -0.39 is 28.8 Å². The van der Waals surface area contributed by atoms with Crippen LogP contribution in [0.2, 0.25) is 10.1 Å². The molecule has 0 fully saturated rings. The lowest BCUT2D eigenvalue weighted by atomic mass is 9.89. The number of hydrogen-bond acceptors (Lipinski definition) is 3. The molecule has 1 aliphatic rings. The molecule has 0 spiro atoms. The number of carbonyl (C=O) groups is 1. The number of amides is 1. The lowest BCUT2D eigenvalue weighted by Crippen LogP contribution is -2.69. The van der Waals surface area contributed by atoms with Crippen molar-refractivity contribution in [1.29, 1.82) is 0 Å². The molecule has 0 aromatic heterocycles. The van der Waals surface area contributed by atoms with Crippen molar-refractivity contribution in [2.75, 3.05) is 13.1 Å². The smallest absolute Gasteiger partial charge is 0.262 e. The maximum absolute atomic E-state index is 14.1. The summed E-state index contributed by atoms with van der Waals surface area (Å²) in [6.07, 6.45) is 3.35. The van der Waals surface area contributed by atoms with Gasteiger partial charge in [0.15, 0.2) is 0 Å². The number of hydrogen-bond donors (Lipinski definition) is 0. The van der Waals surface area contributed by atoms with E-state index in [1.807, 2.05) is 30.9 Å². The zero-order valence-electron chi connectivity index (χ0n) is 32.7. The maximum Gasteiger partial charge on any atom is 0.262 e. The molecule has 6 heteroatoms. The Morgan fingerprint density at radius 3 is 1.34 bits per heavy atom. The molecule has 0 unspecified atom stereocenters. The standard InChI is InChI=1S/C47H55NO3Si2/c1-9-48(10-2)45(49)42-33-23-32-41-40(42)34-35-43(50-52(46(3,4)5,36-24-15-11-16-25-36)37-26-17-12-18-27-37)44(41)51-53(47(6,7)8,38-28-19-13-20-29-38)39-30-21-14-22-31-39/h11-35,43-44H,9-10H2,1-8H3/t43-,44-/m1/s1. The van der Waals surface area contributed by atoms with E-state index in [1.165, 1.54) is 20.7 Å². The Morgan fingerprint density at radius 1 is 0.566 bits per heavy atom. The summed E-state index contributed by atoms with van der Waals surface area (Å²) in [5.41, 5.74) is 2.60. The predicted octanol–water partition coefficient (Wildman–Crippen LogP) is 8.76. The number of rotatable bonds is 11. The van der Waals surface area contributed by atoms with Crippen LogP contribution >= 0.6 is 0 Å². The molecule has 0 aliphatic heterocycles. The first-order chi connectivity index (χ1) is 25.4. The highest BCUT2D eigenvalue weighted by molar-refractivity contribution is 7.00. The summed E-state index contributed by atoms with van der Waals surface area (Å²) < 4.78 is 16.1. The molecule has 0 radical (unpaired) electrons. The molecule has 5 aromatic carbocycles. The number of nitrogens with zero attached hydrogens (tertiary/aromatic N) is 1. The van der Waals surface area contributed by atoms with Gasteiger partial charge in [0.1, 0.15) is 6.10 Å². The Morgan fingerprint density at radius 2 is 0.962 bits per heavy atom. The zero-order chi connectivity index (χ0) is 37.9.